The number of nitrogens with zero attached hydrogens (tertiary/aromatic N) is 1. The fraction of sp³-hybridized carbons (Fsp3) is 0.176. The number of carbonyl (C=O) groups is 3. The Labute approximate surface area is 279 Å². The van der Waals surface area contributed by atoms with E-state index in [1.807, 2.05) is 56.3 Å². The number of benzene rings is 4. The second kappa shape index (κ2) is 17.4. The van der Waals surface area contributed by atoms with Crippen molar-refractivity contribution in [3.63, 3.8) is 0 Å². The standard InChI is InChI=1S/C19H22N2O3.C15H10ClF3N2O3/c1-13-9-10-14(2)17(11-13)24-12-15-7-5-6-8-16(15)18(21-23-4)19(22)20-3;16-12-4-2-1-3-11(12)13(22)21-14(23)20-9-5-7-10(8-6-9)24-15(17,18)19/h5-11H,12H2,1-4H3,(H,20,22);1-8H,(H2,20,21,22,23)/b21-18+;. The molecule has 10 nitrogen and oxygen atoms in total. The van der Waals surface area contributed by atoms with Gasteiger partial charge in [0.25, 0.3) is 11.8 Å². The molecule has 48 heavy (non-hydrogen) atoms. The van der Waals surface area contributed by atoms with Gasteiger partial charge in [-0.1, -0.05) is 65.3 Å². The van der Waals surface area contributed by atoms with Crippen LogP contribution in [0.2, 0.25) is 5.02 Å². The highest BCUT2D eigenvalue weighted by molar-refractivity contribution is 6.45. The molecular weight excluding hydrogens is 653 g/mol. The van der Waals surface area contributed by atoms with E-state index < -0.39 is 24.1 Å². The van der Waals surface area contributed by atoms with Crippen LogP contribution < -0.4 is 25.4 Å². The molecule has 252 valence electrons. The van der Waals surface area contributed by atoms with Crippen molar-refractivity contribution in [3.05, 3.63) is 124 Å². The second-order valence-electron chi connectivity index (χ2n) is 9.88. The molecule has 0 aliphatic rings. The Bertz CT molecular complexity index is 1760. The van der Waals surface area contributed by atoms with Crippen LogP contribution in [0, 0.1) is 13.8 Å². The Balaban J connectivity index is 0.000000260. The predicted octanol–water partition coefficient (Wildman–Crippen LogP) is 7.18. The van der Waals surface area contributed by atoms with Gasteiger partial charge in [-0.15, -0.1) is 13.2 Å². The molecule has 14 heteroatoms. The van der Waals surface area contributed by atoms with E-state index in [0.29, 0.717) is 12.2 Å². The predicted molar refractivity (Wildman–Crippen MR) is 175 cm³/mol. The molecule has 0 aromatic heterocycles. The summed E-state index contributed by atoms with van der Waals surface area (Å²) >= 11 is 5.83. The summed E-state index contributed by atoms with van der Waals surface area (Å²) < 4.78 is 45.8. The number of hydrogen-bond acceptors (Lipinski definition) is 7. The van der Waals surface area contributed by atoms with Crippen molar-refractivity contribution in [1.82, 2.24) is 10.6 Å². The highest BCUT2D eigenvalue weighted by Gasteiger charge is 2.31. The molecule has 0 fully saturated rings. The average molecular weight is 685 g/mol. The van der Waals surface area contributed by atoms with Gasteiger partial charge in [-0.2, -0.15) is 0 Å². The number of anilines is 1. The molecule has 0 atom stereocenters. The third-order valence-corrected chi connectivity index (χ3v) is 6.64. The maximum absolute atomic E-state index is 12.1. The van der Waals surface area contributed by atoms with E-state index in [-0.39, 0.29) is 27.9 Å². The third-order valence-electron chi connectivity index (χ3n) is 6.32. The molecule has 0 unspecified atom stereocenters. The van der Waals surface area contributed by atoms with Gasteiger partial charge in [0.2, 0.25) is 0 Å². The number of halogens is 4. The normalized spacial score (nSPS) is 11.0. The lowest BCUT2D eigenvalue weighted by Crippen LogP contribution is -2.34. The maximum Gasteiger partial charge on any atom is 0.573 e. The van der Waals surface area contributed by atoms with E-state index in [0.717, 1.165) is 34.6 Å². The molecule has 0 bridgehead atoms. The van der Waals surface area contributed by atoms with Gasteiger partial charge in [0.1, 0.15) is 25.2 Å². The highest BCUT2D eigenvalue weighted by Crippen LogP contribution is 2.24. The molecule has 4 rings (SSSR count). The fourth-order valence-electron chi connectivity index (χ4n) is 4.04. The van der Waals surface area contributed by atoms with Gasteiger partial charge in [-0.3, -0.25) is 14.9 Å². The minimum atomic E-state index is -4.80. The maximum atomic E-state index is 12.1. The molecule has 0 aliphatic heterocycles. The number of urea groups is 1. The first-order valence-corrected chi connectivity index (χ1v) is 14.5. The molecule has 4 amide bonds. The molecule has 3 N–H and O–H groups in total. The quantitative estimate of drug-likeness (QED) is 0.127. The molecule has 0 spiro atoms. The van der Waals surface area contributed by atoms with E-state index in [2.05, 4.69) is 25.8 Å². The van der Waals surface area contributed by atoms with Crippen LogP contribution >= 0.6 is 11.6 Å². The third kappa shape index (κ3) is 11.4. The summed E-state index contributed by atoms with van der Waals surface area (Å²) in [7, 11) is 2.97. The first kappa shape index (κ1) is 36.9. The van der Waals surface area contributed by atoms with E-state index in [1.54, 1.807) is 19.2 Å². The number of rotatable bonds is 9. The molecule has 0 saturated carbocycles. The lowest BCUT2D eigenvalue weighted by Gasteiger charge is -2.13. The number of imide groups is 1. The lowest BCUT2D eigenvalue weighted by atomic mass is 10.0. The number of oxime groups is 1. The number of ether oxygens (including phenoxy) is 2. The molecule has 0 radical (unpaired) electrons. The van der Waals surface area contributed by atoms with Gasteiger partial charge in [0.05, 0.1) is 10.6 Å². The molecule has 4 aromatic carbocycles. The van der Waals surface area contributed by atoms with Crippen LogP contribution in [-0.2, 0) is 16.2 Å². The van der Waals surface area contributed by atoms with E-state index in [1.165, 1.54) is 31.4 Å². The summed E-state index contributed by atoms with van der Waals surface area (Å²) in [5.74, 6) is -0.623. The zero-order valence-corrected chi connectivity index (χ0v) is 27.0. The Morgan fingerprint density at radius 3 is 2.15 bits per heavy atom. The minimum Gasteiger partial charge on any atom is -0.489 e. The highest BCUT2D eigenvalue weighted by atomic mass is 35.5. The molecule has 4 aromatic rings. The van der Waals surface area contributed by atoms with Crippen molar-refractivity contribution in [2.45, 2.75) is 26.8 Å². The number of nitrogens with one attached hydrogen (secondary N) is 3. The molecule has 0 aliphatic carbocycles. The Morgan fingerprint density at radius 1 is 0.875 bits per heavy atom. The number of likely N-dealkylation sites (N-methyl/N-ethyl adjacent to an activating group) is 1. The average Bonchev–Trinajstić information content (AvgIpc) is 3.04. The van der Waals surface area contributed by atoms with Gasteiger partial charge in [0, 0.05) is 18.3 Å². The Kier molecular flexibility index (Phi) is 13.4. The van der Waals surface area contributed by atoms with Gasteiger partial charge < -0.3 is 24.9 Å². The second-order valence-corrected chi connectivity index (χ2v) is 10.3. The zero-order valence-electron chi connectivity index (χ0n) is 26.3. The largest absolute Gasteiger partial charge is 0.573 e. The molecule has 0 saturated heterocycles. The van der Waals surface area contributed by atoms with Crippen molar-refractivity contribution in [3.8, 4) is 11.5 Å². The topological polar surface area (TPSA) is 127 Å². The summed E-state index contributed by atoms with van der Waals surface area (Å²) in [6.07, 6.45) is -4.80. The number of aryl methyl sites for hydroxylation is 2. The van der Waals surface area contributed by atoms with Crippen molar-refractivity contribution < 1.29 is 41.9 Å². The van der Waals surface area contributed by atoms with Crippen LogP contribution in [0.5, 0.6) is 11.5 Å². The van der Waals surface area contributed by atoms with Crippen molar-refractivity contribution >= 4 is 40.8 Å². The lowest BCUT2D eigenvalue weighted by molar-refractivity contribution is -0.274. The summed E-state index contributed by atoms with van der Waals surface area (Å²) in [5.41, 5.74) is 4.25. The van der Waals surface area contributed by atoms with Crippen LogP contribution in [-0.4, -0.2) is 44.1 Å². The number of carbonyl (C=O) groups excluding carboxylic acids is 3. The zero-order chi connectivity index (χ0) is 35.3. The molecular formula is C34H32ClF3N4O6. The van der Waals surface area contributed by atoms with Crippen molar-refractivity contribution in [2.75, 3.05) is 19.5 Å². The van der Waals surface area contributed by atoms with Crippen LogP contribution in [0.15, 0.2) is 96.2 Å². The fourth-order valence-corrected chi connectivity index (χ4v) is 4.26. The summed E-state index contributed by atoms with van der Waals surface area (Å²) in [6, 6.07) is 23.3. The van der Waals surface area contributed by atoms with Crippen molar-refractivity contribution in [1.29, 1.82) is 0 Å². The van der Waals surface area contributed by atoms with E-state index in [4.69, 9.17) is 21.2 Å². The number of amides is 4. The van der Waals surface area contributed by atoms with E-state index >= 15 is 0 Å². The van der Waals surface area contributed by atoms with Crippen molar-refractivity contribution in [2.24, 2.45) is 5.16 Å². The first-order valence-electron chi connectivity index (χ1n) is 14.2. The Morgan fingerprint density at radius 2 is 1.52 bits per heavy atom. The monoisotopic (exact) mass is 684 g/mol. The van der Waals surface area contributed by atoms with E-state index in [9.17, 15) is 27.6 Å². The van der Waals surface area contributed by atoms with Crippen LogP contribution in [0.1, 0.15) is 32.6 Å². The SMILES string of the molecule is CNC(=O)/C(=N/OC)c1ccccc1COc1cc(C)ccc1C.O=C(NC(=O)c1ccccc1Cl)Nc1ccc(OC(F)(F)F)cc1. The summed E-state index contributed by atoms with van der Waals surface area (Å²) in [4.78, 5) is 40.5. The molecule has 0 heterocycles. The van der Waals surface area contributed by atoms with Crippen LogP contribution in [0.4, 0.5) is 23.7 Å². The minimum absolute atomic E-state index is 0.114. The number of hydrogen-bond donors (Lipinski definition) is 3. The van der Waals surface area contributed by atoms with Gasteiger partial charge in [-0.05, 0) is 73.0 Å². The Hall–Kier alpha value is -5.56. The number of alkyl halides is 3. The van der Waals surface area contributed by atoms with Gasteiger partial charge >= 0.3 is 12.4 Å². The van der Waals surface area contributed by atoms with Gasteiger partial charge in [0.15, 0.2) is 5.71 Å². The summed E-state index contributed by atoms with van der Waals surface area (Å²) in [5, 5.41) is 11.0. The van der Waals surface area contributed by atoms with Gasteiger partial charge in [-0.25, -0.2) is 4.79 Å². The van der Waals surface area contributed by atoms with Crippen LogP contribution in [0.25, 0.3) is 0 Å². The first-order chi connectivity index (χ1) is 22.8. The summed E-state index contributed by atoms with van der Waals surface area (Å²) in [6.45, 7) is 4.36. The van der Waals surface area contributed by atoms with Crippen LogP contribution in [0.3, 0.4) is 0 Å². The smallest absolute Gasteiger partial charge is 0.489 e.